The van der Waals surface area contributed by atoms with Crippen LogP contribution in [0.5, 0.6) is 17.2 Å². The van der Waals surface area contributed by atoms with Crippen molar-refractivity contribution in [2.45, 2.75) is 0 Å². The molecule has 0 aliphatic heterocycles. The zero-order valence-electron chi connectivity index (χ0n) is 12.2. The molecule has 2 rings (SSSR count). The Labute approximate surface area is 138 Å². The summed E-state index contributed by atoms with van der Waals surface area (Å²) in [7, 11) is 1.32. The van der Waals surface area contributed by atoms with E-state index in [1.165, 1.54) is 13.2 Å². The Hall–Kier alpha value is -2.64. The molecule has 122 valence electrons. The van der Waals surface area contributed by atoms with Crippen molar-refractivity contribution in [3.8, 4) is 17.2 Å². The fraction of sp³-hybridized carbons (Fsp3) is 0.133. The smallest absolute Gasteiger partial charge is 0.315 e. The molecule has 0 spiro atoms. The van der Waals surface area contributed by atoms with Crippen LogP contribution in [0.3, 0.4) is 0 Å². The molecule has 0 aromatic heterocycles. The lowest BCUT2D eigenvalue weighted by molar-refractivity contribution is -0.385. The highest BCUT2D eigenvalue weighted by Crippen LogP contribution is 2.37. The van der Waals surface area contributed by atoms with Gasteiger partial charge in [0, 0.05) is 6.07 Å². The molecule has 2 aromatic carbocycles. The summed E-state index contributed by atoms with van der Waals surface area (Å²) >= 11 is 0. The minimum Gasteiger partial charge on any atom is -0.496 e. The van der Waals surface area contributed by atoms with Gasteiger partial charge in [0.1, 0.15) is 11.5 Å². The Bertz CT molecular complexity index is 707. The second kappa shape index (κ2) is 8.11. The number of hydrogen-bond acceptors (Lipinski definition) is 6. The number of ketones is 1. The molecule has 0 aliphatic rings. The Balaban J connectivity index is 0.00000264. The first-order chi connectivity index (χ1) is 10.6. The van der Waals surface area contributed by atoms with E-state index in [-0.39, 0.29) is 41.7 Å². The third-order valence-electron chi connectivity index (χ3n) is 2.93. The summed E-state index contributed by atoms with van der Waals surface area (Å²) in [6.45, 7) is -0.237. The molecule has 0 saturated carbocycles. The van der Waals surface area contributed by atoms with Gasteiger partial charge in [0.15, 0.2) is 5.78 Å². The third-order valence-corrected chi connectivity index (χ3v) is 2.93. The number of carbonyl (C=O) groups is 1. The molecular formula is C15H15ClN2O5. The first kappa shape index (κ1) is 18.4. The van der Waals surface area contributed by atoms with Crippen LogP contribution in [-0.4, -0.2) is 24.4 Å². The van der Waals surface area contributed by atoms with Gasteiger partial charge < -0.3 is 15.2 Å². The molecule has 2 N–H and O–H groups in total. The van der Waals surface area contributed by atoms with E-state index in [1.54, 1.807) is 30.3 Å². The maximum Gasteiger partial charge on any atom is 0.315 e. The summed E-state index contributed by atoms with van der Waals surface area (Å²) < 4.78 is 10.5. The molecule has 7 nitrogen and oxygen atoms in total. The van der Waals surface area contributed by atoms with E-state index >= 15 is 0 Å². The van der Waals surface area contributed by atoms with Crippen molar-refractivity contribution < 1.29 is 19.2 Å². The monoisotopic (exact) mass is 338 g/mol. The lowest BCUT2D eigenvalue weighted by atomic mass is 10.1. The molecular weight excluding hydrogens is 324 g/mol. The number of ether oxygens (including phenoxy) is 2. The van der Waals surface area contributed by atoms with Crippen molar-refractivity contribution in [2.75, 3.05) is 13.7 Å². The number of rotatable bonds is 6. The second-order valence-corrected chi connectivity index (χ2v) is 4.32. The number of para-hydroxylation sites is 1. The van der Waals surface area contributed by atoms with E-state index < -0.39 is 10.7 Å². The van der Waals surface area contributed by atoms with Crippen LogP contribution in [0, 0.1) is 10.1 Å². The van der Waals surface area contributed by atoms with Crippen molar-refractivity contribution in [2.24, 2.45) is 5.73 Å². The highest BCUT2D eigenvalue weighted by molar-refractivity contribution is 6.01. The van der Waals surface area contributed by atoms with Gasteiger partial charge in [-0.1, -0.05) is 18.2 Å². The van der Waals surface area contributed by atoms with Crippen LogP contribution in [0.25, 0.3) is 0 Å². The summed E-state index contributed by atoms with van der Waals surface area (Å²) in [4.78, 5) is 22.4. The lowest BCUT2D eigenvalue weighted by Crippen LogP contribution is -2.15. The minimum absolute atomic E-state index is 0. The van der Waals surface area contributed by atoms with Crippen LogP contribution >= 0.6 is 12.4 Å². The van der Waals surface area contributed by atoms with Gasteiger partial charge in [-0.25, -0.2) is 0 Å². The van der Waals surface area contributed by atoms with Crippen LogP contribution in [0.4, 0.5) is 5.69 Å². The average Bonchev–Trinajstić information content (AvgIpc) is 2.54. The number of Topliss-reactive ketones (excluding diaryl/α,β-unsaturated/α-hetero) is 1. The topological polar surface area (TPSA) is 105 Å². The largest absolute Gasteiger partial charge is 0.496 e. The summed E-state index contributed by atoms with van der Waals surface area (Å²) in [5.74, 6) is 0.0583. The number of nitrogens with two attached hydrogens (primary N) is 1. The first-order valence-electron chi connectivity index (χ1n) is 6.39. The van der Waals surface area contributed by atoms with Crippen LogP contribution in [-0.2, 0) is 0 Å². The molecule has 0 aliphatic carbocycles. The standard InChI is InChI=1S/C15H14N2O5.ClH/c1-21-14-8-12(17(19)20)15(7-11(14)13(18)9-16)22-10-5-3-2-4-6-10;/h2-8H,9,16H2,1H3;1H. The molecule has 0 fully saturated rings. The van der Waals surface area contributed by atoms with Gasteiger partial charge in [0.05, 0.1) is 30.2 Å². The maximum absolute atomic E-state index is 11.8. The predicted molar refractivity (Wildman–Crippen MR) is 86.8 cm³/mol. The summed E-state index contributed by atoms with van der Waals surface area (Å²) in [6, 6.07) is 11.0. The Morgan fingerprint density at radius 3 is 2.39 bits per heavy atom. The highest BCUT2D eigenvalue weighted by atomic mass is 35.5. The highest BCUT2D eigenvalue weighted by Gasteiger charge is 2.23. The van der Waals surface area contributed by atoms with Gasteiger partial charge in [-0.2, -0.15) is 0 Å². The molecule has 0 atom stereocenters. The fourth-order valence-corrected chi connectivity index (χ4v) is 1.89. The van der Waals surface area contributed by atoms with Gasteiger partial charge in [-0.15, -0.1) is 12.4 Å². The molecule has 0 bridgehead atoms. The molecule has 0 amide bonds. The van der Waals surface area contributed by atoms with E-state index in [2.05, 4.69) is 0 Å². The normalized spacial score (nSPS) is 9.65. The zero-order chi connectivity index (χ0) is 16.1. The van der Waals surface area contributed by atoms with Crippen LogP contribution in [0.2, 0.25) is 0 Å². The first-order valence-corrected chi connectivity index (χ1v) is 6.39. The number of nitro benzene ring substituents is 1. The number of carbonyl (C=O) groups excluding carboxylic acids is 1. The maximum atomic E-state index is 11.8. The molecule has 23 heavy (non-hydrogen) atoms. The van der Waals surface area contributed by atoms with Crippen LogP contribution in [0.1, 0.15) is 10.4 Å². The van der Waals surface area contributed by atoms with E-state index in [1.807, 2.05) is 0 Å². The summed E-state index contributed by atoms with van der Waals surface area (Å²) in [5.41, 5.74) is 5.19. The van der Waals surface area contributed by atoms with Crippen LogP contribution in [0.15, 0.2) is 42.5 Å². The number of halogens is 1. The molecule has 0 heterocycles. The lowest BCUT2D eigenvalue weighted by Gasteiger charge is -2.11. The van der Waals surface area contributed by atoms with E-state index in [9.17, 15) is 14.9 Å². The van der Waals surface area contributed by atoms with Crippen molar-refractivity contribution in [3.63, 3.8) is 0 Å². The Morgan fingerprint density at radius 1 is 1.22 bits per heavy atom. The third kappa shape index (κ3) is 4.18. The molecule has 2 aromatic rings. The number of benzene rings is 2. The summed E-state index contributed by atoms with van der Waals surface area (Å²) in [6.07, 6.45) is 0. The average molecular weight is 339 g/mol. The van der Waals surface area contributed by atoms with E-state index in [0.717, 1.165) is 6.07 Å². The summed E-state index contributed by atoms with van der Waals surface area (Å²) in [5, 5.41) is 11.2. The molecule has 0 saturated heterocycles. The number of nitro groups is 1. The van der Waals surface area contributed by atoms with Gasteiger partial charge in [0.25, 0.3) is 0 Å². The number of methoxy groups -OCH3 is 1. The number of nitrogens with zero attached hydrogens (tertiary/aromatic N) is 1. The molecule has 0 unspecified atom stereocenters. The quantitative estimate of drug-likeness (QED) is 0.493. The van der Waals surface area contributed by atoms with Crippen molar-refractivity contribution in [3.05, 3.63) is 58.1 Å². The van der Waals surface area contributed by atoms with Gasteiger partial charge in [0.2, 0.25) is 5.75 Å². The van der Waals surface area contributed by atoms with Crippen molar-refractivity contribution in [1.82, 2.24) is 0 Å². The van der Waals surface area contributed by atoms with Crippen molar-refractivity contribution >= 4 is 23.9 Å². The van der Waals surface area contributed by atoms with Gasteiger partial charge >= 0.3 is 5.69 Å². The van der Waals surface area contributed by atoms with Crippen molar-refractivity contribution in [1.29, 1.82) is 0 Å². The van der Waals surface area contributed by atoms with Gasteiger partial charge in [-0.3, -0.25) is 14.9 Å². The minimum atomic E-state index is -0.600. The Kier molecular flexibility index (Phi) is 6.49. The molecule has 8 heteroatoms. The number of hydrogen-bond donors (Lipinski definition) is 1. The SMILES string of the molecule is COc1cc([N+](=O)[O-])c(Oc2ccccc2)cc1C(=O)CN.Cl. The van der Waals surface area contributed by atoms with E-state index in [4.69, 9.17) is 15.2 Å². The fourth-order valence-electron chi connectivity index (χ4n) is 1.89. The zero-order valence-corrected chi connectivity index (χ0v) is 13.0. The Morgan fingerprint density at radius 2 is 1.87 bits per heavy atom. The van der Waals surface area contributed by atoms with Gasteiger partial charge in [-0.05, 0) is 12.1 Å². The predicted octanol–water partition coefficient (Wildman–Crippen LogP) is 2.96. The van der Waals surface area contributed by atoms with Crippen LogP contribution < -0.4 is 15.2 Å². The second-order valence-electron chi connectivity index (χ2n) is 4.32. The molecule has 0 radical (unpaired) electrons. The van der Waals surface area contributed by atoms with E-state index in [0.29, 0.717) is 5.75 Å².